The highest BCUT2D eigenvalue weighted by atomic mass is 79.9. The molecule has 0 amide bonds. The molecule has 3 heteroatoms. The van der Waals surface area contributed by atoms with Crippen molar-refractivity contribution in [2.45, 2.75) is 13.0 Å². The first-order chi connectivity index (χ1) is 5.11. The molecule has 0 aromatic heterocycles. The van der Waals surface area contributed by atoms with Gasteiger partial charge >= 0.3 is 0 Å². The van der Waals surface area contributed by atoms with Gasteiger partial charge in [0.2, 0.25) is 0 Å². The van der Waals surface area contributed by atoms with Crippen LogP contribution in [-0.2, 0) is 0 Å². The van der Waals surface area contributed by atoms with E-state index < -0.39 is 6.10 Å². The van der Waals surface area contributed by atoms with Crippen molar-refractivity contribution in [2.24, 2.45) is 0 Å². The van der Waals surface area contributed by atoms with Crippen LogP contribution in [0.2, 0.25) is 5.02 Å². The van der Waals surface area contributed by atoms with Crippen LogP contribution in [0.15, 0.2) is 22.7 Å². The fraction of sp³-hybridized carbons (Fsp3) is 0.250. The van der Waals surface area contributed by atoms with Gasteiger partial charge in [-0.25, -0.2) is 0 Å². The maximum atomic E-state index is 9.22. The molecule has 1 rings (SSSR count). The highest BCUT2D eigenvalue weighted by Crippen LogP contribution is 2.25. The van der Waals surface area contributed by atoms with Crippen molar-refractivity contribution in [3.05, 3.63) is 33.3 Å². The van der Waals surface area contributed by atoms with Gasteiger partial charge in [-0.1, -0.05) is 33.6 Å². The van der Waals surface area contributed by atoms with E-state index in [4.69, 9.17) is 11.6 Å². The van der Waals surface area contributed by atoms with Gasteiger partial charge in [-0.15, -0.1) is 0 Å². The summed E-state index contributed by atoms with van der Waals surface area (Å²) in [6, 6.07) is 5.33. The minimum absolute atomic E-state index is 0.457. The summed E-state index contributed by atoms with van der Waals surface area (Å²) >= 11 is 9.01. The summed E-state index contributed by atoms with van der Waals surface area (Å²) in [5, 5.41) is 9.89. The molecule has 0 aliphatic carbocycles. The van der Waals surface area contributed by atoms with Crippen LogP contribution in [-0.4, -0.2) is 5.11 Å². The van der Waals surface area contributed by atoms with Gasteiger partial charge in [0.25, 0.3) is 0 Å². The smallest absolute Gasteiger partial charge is 0.0772 e. The van der Waals surface area contributed by atoms with E-state index >= 15 is 0 Å². The van der Waals surface area contributed by atoms with Crippen molar-refractivity contribution < 1.29 is 5.11 Å². The first-order valence-electron chi connectivity index (χ1n) is 3.24. The monoisotopic (exact) mass is 234 g/mol. The summed E-state index contributed by atoms with van der Waals surface area (Å²) in [5.41, 5.74) is 0.856. The Morgan fingerprint density at radius 1 is 1.55 bits per heavy atom. The minimum Gasteiger partial charge on any atom is -0.389 e. The molecular formula is C8H8BrClO. The van der Waals surface area contributed by atoms with Crippen molar-refractivity contribution in [1.82, 2.24) is 0 Å². The predicted molar refractivity (Wildman–Crippen MR) is 49.8 cm³/mol. The van der Waals surface area contributed by atoms with E-state index in [1.165, 1.54) is 0 Å². The standard InChI is InChI=1S/C8H8BrClO/c1-5(11)7-3-2-6(10)4-8(7)9/h2-5,11H,1H3/t5-/m1/s1. The summed E-state index contributed by atoms with van der Waals surface area (Å²) in [4.78, 5) is 0. The molecule has 1 nitrogen and oxygen atoms in total. The van der Waals surface area contributed by atoms with Crippen molar-refractivity contribution in [3.8, 4) is 0 Å². The van der Waals surface area contributed by atoms with Gasteiger partial charge in [-0.2, -0.15) is 0 Å². The average molecular weight is 236 g/mol. The molecule has 0 heterocycles. The van der Waals surface area contributed by atoms with Crippen LogP contribution in [0, 0.1) is 0 Å². The molecule has 11 heavy (non-hydrogen) atoms. The van der Waals surface area contributed by atoms with Gasteiger partial charge in [0.1, 0.15) is 0 Å². The Morgan fingerprint density at radius 3 is 2.64 bits per heavy atom. The lowest BCUT2D eigenvalue weighted by molar-refractivity contribution is 0.198. The highest BCUT2D eigenvalue weighted by Gasteiger charge is 2.04. The molecule has 0 radical (unpaired) electrons. The lowest BCUT2D eigenvalue weighted by Gasteiger charge is -2.06. The highest BCUT2D eigenvalue weighted by molar-refractivity contribution is 9.10. The second-order valence-corrected chi connectivity index (χ2v) is 3.63. The summed E-state index contributed by atoms with van der Waals surface area (Å²) in [6.07, 6.45) is -0.457. The molecule has 1 aromatic carbocycles. The lowest BCUT2D eigenvalue weighted by Crippen LogP contribution is -1.91. The Morgan fingerprint density at radius 2 is 2.18 bits per heavy atom. The average Bonchev–Trinajstić information content (AvgIpc) is 1.85. The largest absolute Gasteiger partial charge is 0.389 e. The SMILES string of the molecule is C[C@@H](O)c1ccc(Cl)cc1Br. The third-order valence-electron chi connectivity index (χ3n) is 1.41. The van der Waals surface area contributed by atoms with Crippen molar-refractivity contribution in [2.75, 3.05) is 0 Å². The molecule has 1 aromatic rings. The zero-order chi connectivity index (χ0) is 8.43. The molecule has 1 atom stereocenters. The van der Waals surface area contributed by atoms with Crippen LogP contribution >= 0.6 is 27.5 Å². The number of aliphatic hydroxyl groups is 1. The topological polar surface area (TPSA) is 20.2 Å². The number of benzene rings is 1. The van der Waals surface area contributed by atoms with Gasteiger partial charge in [0.05, 0.1) is 6.10 Å². The summed E-state index contributed by atoms with van der Waals surface area (Å²) in [7, 11) is 0. The molecule has 0 fully saturated rings. The molecule has 0 saturated carbocycles. The number of rotatable bonds is 1. The first kappa shape index (κ1) is 9.04. The van der Waals surface area contributed by atoms with E-state index in [2.05, 4.69) is 15.9 Å². The van der Waals surface area contributed by atoms with Gasteiger partial charge in [-0.05, 0) is 24.6 Å². The quantitative estimate of drug-likeness (QED) is 0.793. The van der Waals surface area contributed by atoms with E-state index in [0.717, 1.165) is 10.0 Å². The van der Waals surface area contributed by atoms with Crippen LogP contribution in [0.1, 0.15) is 18.6 Å². The zero-order valence-electron chi connectivity index (χ0n) is 6.01. The van der Waals surface area contributed by atoms with Crippen LogP contribution in [0.3, 0.4) is 0 Å². The Kier molecular flexibility index (Phi) is 2.93. The zero-order valence-corrected chi connectivity index (χ0v) is 8.35. The molecule has 0 unspecified atom stereocenters. The number of aliphatic hydroxyl groups excluding tert-OH is 1. The van der Waals surface area contributed by atoms with Crippen LogP contribution in [0.4, 0.5) is 0 Å². The fourth-order valence-corrected chi connectivity index (χ4v) is 1.85. The van der Waals surface area contributed by atoms with Crippen molar-refractivity contribution in [1.29, 1.82) is 0 Å². The summed E-state index contributed by atoms with van der Waals surface area (Å²) in [5.74, 6) is 0. The molecule has 0 spiro atoms. The Bertz CT molecular complexity index is 260. The van der Waals surface area contributed by atoms with Gasteiger partial charge in [-0.3, -0.25) is 0 Å². The van der Waals surface area contributed by atoms with Crippen LogP contribution in [0.25, 0.3) is 0 Å². The molecule has 60 valence electrons. The lowest BCUT2D eigenvalue weighted by atomic mass is 10.1. The molecule has 0 aliphatic rings. The first-order valence-corrected chi connectivity index (χ1v) is 4.41. The van der Waals surface area contributed by atoms with Gasteiger partial charge < -0.3 is 5.11 Å². The maximum Gasteiger partial charge on any atom is 0.0772 e. The van der Waals surface area contributed by atoms with Gasteiger partial charge in [0, 0.05) is 9.50 Å². The summed E-state index contributed by atoms with van der Waals surface area (Å²) < 4.78 is 0.847. The third-order valence-corrected chi connectivity index (χ3v) is 2.33. The third kappa shape index (κ3) is 2.19. The molecule has 0 bridgehead atoms. The van der Waals surface area contributed by atoms with Crippen molar-refractivity contribution >= 4 is 27.5 Å². The van der Waals surface area contributed by atoms with Crippen molar-refractivity contribution in [3.63, 3.8) is 0 Å². The molecule has 0 saturated heterocycles. The normalized spacial score (nSPS) is 13.1. The molecule has 1 N–H and O–H groups in total. The Hall–Kier alpha value is -0.0500. The number of hydrogen-bond acceptors (Lipinski definition) is 1. The van der Waals surface area contributed by atoms with E-state index in [9.17, 15) is 5.11 Å². The number of hydrogen-bond donors (Lipinski definition) is 1. The maximum absolute atomic E-state index is 9.22. The Balaban J connectivity index is 3.09. The molecular weight excluding hydrogens is 227 g/mol. The van der Waals surface area contributed by atoms with Crippen LogP contribution < -0.4 is 0 Å². The second-order valence-electron chi connectivity index (χ2n) is 2.34. The van der Waals surface area contributed by atoms with Crippen LogP contribution in [0.5, 0.6) is 0 Å². The summed E-state index contributed by atoms with van der Waals surface area (Å²) in [6.45, 7) is 1.72. The number of halogens is 2. The van der Waals surface area contributed by atoms with E-state index in [1.54, 1.807) is 25.1 Å². The van der Waals surface area contributed by atoms with E-state index in [1.807, 2.05) is 0 Å². The minimum atomic E-state index is -0.457. The second kappa shape index (κ2) is 3.57. The van der Waals surface area contributed by atoms with Gasteiger partial charge in [0.15, 0.2) is 0 Å². The Labute approximate surface area is 79.1 Å². The fourth-order valence-electron chi connectivity index (χ4n) is 0.840. The molecule has 0 aliphatic heterocycles. The van der Waals surface area contributed by atoms with E-state index in [-0.39, 0.29) is 0 Å². The predicted octanol–water partition coefficient (Wildman–Crippen LogP) is 3.16. The van der Waals surface area contributed by atoms with E-state index in [0.29, 0.717) is 5.02 Å².